The third-order valence-corrected chi connectivity index (χ3v) is 0.876. The van der Waals surface area contributed by atoms with Crippen LogP contribution in [0.15, 0.2) is 0 Å². The maximum absolute atomic E-state index is 4.72. The Hall–Kier alpha value is -0.150. The zero-order valence-corrected chi connectivity index (χ0v) is 7.34. The molecule has 0 amide bonds. The van der Waals surface area contributed by atoms with Crippen LogP contribution in [0, 0.1) is 0 Å². The summed E-state index contributed by atoms with van der Waals surface area (Å²) in [4.78, 5) is 0.738. The molecule has 0 spiro atoms. The zero-order valence-electron chi connectivity index (χ0n) is 6.52. The fourth-order valence-electron chi connectivity index (χ4n) is 0.203. The summed E-state index contributed by atoms with van der Waals surface area (Å²) in [5, 5.41) is 2.77. The molecule has 1 N–H and O–H groups in total. The Labute approximate surface area is 62.6 Å². The van der Waals surface area contributed by atoms with Crippen molar-refractivity contribution < 1.29 is 4.74 Å². The van der Waals surface area contributed by atoms with Crippen LogP contribution in [0.25, 0.3) is 0 Å². The van der Waals surface area contributed by atoms with Crippen LogP contribution in [0.4, 0.5) is 0 Å². The molecular weight excluding hydrogens is 134 g/mol. The average Bonchev–Trinajstić information content (AvgIpc) is 1.93. The lowest BCUT2D eigenvalue weighted by Crippen LogP contribution is -2.20. The molecule has 0 aromatic heterocycles. The lowest BCUT2D eigenvalue weighted by atomic mass is 10.7. The predicted molar refractivity (Wildman–Crippen MR) is 44.9 cm³/mol. The van der Waals surface area contributed by atoms with E-state index in [2.05, 4.69) is 5.32 Å². The summed E-state index contributed by atoms with van der Waals surface area (Å²) in [5.74, 6) is 0. The van der Waals surface area contributed by atoms with Crippen LogP contribution < -0.4 is 5.32 Å². The fraction of sp³-hybridized carbons (Fsp3) is 0.833. The number of ether oxygens (including phenoxy) is 1. The molecule has 0 fully saturated rings. The summed E-state index contributed by atoms with van der Waals surface area (Å²) in [6.45, 7) is 4.52. The second-order valence-corrected chi connectivity index (χ2v) is 1.60. The van der Waals surface area contributed by atoms with Gasteiger partial charge < -0.3 is 10.1 Å². The summed E-state index contributed by atoms with van der Waals surface area (Å²) in [6, 6.07) is 0. The topological polar surface area (TPSA) is 21.3 Å². The number of thiocarbonyl (C=S) groups is 1. The van der Waals surface area contributed by atoms with Gasteiger partial charge in [0.25, 0.3) is 0 Å². The minimum atomic E-state index is 0.520. The fourth-order valence-corrected chi connectivity index (χ4v) is 0.321. The van der Waals surface area contributed by atoms with Crippen molar-refractivity contribution in [2.75, 3.05) is 20.8 Å². The van der Waals surface area contributed by atoms with Crippen LogP contribution >= 0.6 is 12.2 Å². The third kappa shape index (κ3) is 11.4. The number of hydrogen-bond donors (Lipinski definition) is 1. The quantitative estimate of drug-likeness (QED) is 0.596. The smallest absolute Gasteiger partial charge is 0.101 e. The normalized spacial score (nSPS) is 7.11. The molecule has 0 aliphatic rings. The van der Waals surface area contributed by atoms with Crippen LogP contribution in [-0.4, -0.2) is 25.8 Å². The Morgan fingerprint density at radius 2 is 2.00 bits per heavy atom. The van der Waals surface area contributed by atoms with E-state index in [-0.39, 0.29) is 0 Å². The van der Waals surface area contributed by atoms with Gasteiger partial charge in [-0.1, -0.05) is 26.1 Å². The van der Waals surface area contributed by atoms with Crippen molar-refractivity contribution in [2.24, 2.45) is 0 Å². The maximum atomic E-state index is 4.72. The maximum Gasteiger partial charge on any atom is 0.101 e. The highest BCUT2D eigenvalue weighted by molar-refractivity contribution is 7.80. The molecule has 56 valence electrons. The highest BCUT2D eigenvalue weighted by Gasteiger charge is 1.84. The standard InChI is InChI=1S/C4H9NOS.C2H6/c1-5-4(7)3-6-2;1-2/h3H2,1-2H3,(H,5,7);1-2H3. The number of methoxy groups -OCH3 is 1. The van der Waals surface area contributed by atoms with Gasteiger partial charge >= 0.3 is 0 Å². The predicted octanol–water partition coefficient (Wildman–Crippen LogP) is 1.21. The Balaban J connectivity index is 0. The van der Waals surface area contributed by atoms with Gasteiger partial charge in [0.05, 0.1) is 6.61 Å². The van der Waals surface area contributed by atoms with Gasteiger partial charge in [0.2, 0.25) is 0 Å². The van der Waals surface area contributed by atoms with Crippen molar-refractivity contribution in [1.82, 2.24) is 5.32 Å². The van der Waals surface area contributed by atoms with Gasteiger partial charge in [-0.2, -0.15) is 0 Å². The van der Waals surface area contributed by atoms with Crippen LogP contribution in [0.5, 0.6) is 0 Å². The summed E-state index contributed by atoms with van der Waals surface area (Å²) in [7, 11) is 3.39. The average molecular weight is 149 g/mol. The summed E-state index contributed by atoms with van der Waals surface area (Å²) < 4.78 is 4.69. The van der Waals surface area contributed by atoms with Gasteiger partial charge in [-0.3, -0.25) is 0 Å². The summed E-state index contributed by atoms with van der Waals surface area (Å²) >= 11 is 4.72. The molecular formula is C6H15NOS. The van der Waals surface area contributed by atoms with Crippen molar-refractivity contribution in [2.45, 2.75) is 13.8 Å². The van der Waals surface area contributed by atoms with Gasteiger partial charge in [-0.15, -0.1) is 0 Å². The second kappa shape index (κ2) is 10.8. The van der Waals surface area contributed by atoms with Gasteiger partial charge in [-0.25, -0.2) is 0 Å². The molecule has 0 atom stereocenters. The molecule has 3 heteroatoms. The van der Waals surface area contributed by atoms with Crippen LogP contribution in [-0.2, 0) is 4.74 Å². The Kier molecular flexibility index (Phi) is 13.9. The molecule has 0 aliphatic heterocycles. The molecule has 0 radical (unpaired) electrons. The molecule has 0 aliphatic carbocycles. The molecule has 0 aromatic rings. The molecule has 0 rings (SSSR count). The Bertz CT molecular complexity index is 66.1. The van der Waals surface area contributed by atoms with E-state index in [1.54, 1.807) is 14.2 Å². The first-order chi connectivity index (χ1) is 4.31. The van der Waals surface area contributed by atoms with Gasteiger partial charge in [0.1, 0.15) is 4.99 Å². The molecule has 9 heavy (non-hydrogen) atoms. The van der Waals surface area contributed by atoms with E-state index in [0.717, 1.165) is 4.99 Å². The monoisotopic (exact) mass is 149 g/mol. The van der Waals surface area contributed by atoms with Gasteiger partial charge in [0.15, 0.2) is 0 Å². The Morgan fingerprint density at radius 3 is 2.11 bits per heavy atom. The van der Waals surface area contributed by atoms with E-state index in [0.29, 0.717) is 6.61 Å². The van der Waals surface area contributed by atoms with E-state index in [1.807, 2.05) is 13.8 Å². The second-order valence-electron chi connectivity index (χ2n) is 1.11. The largest absolute Gasteiger partial charge is 0.381 e. The SMILES string of the molecule is CC.CNC(=S)COC. The van der Waals surface area contributed by atoms with Crippen LogP contribution in [0.3, 0.4) is 0 Å². The minimum Gasteiger partial charge on any atom is -0.381 e. The summed E-state index contributed by atoms with van der Waals surface area (Å²) in [6.07, 6.45) is 0. The lowest BCUT2D eigenvalue weighted by Gasteiger charge is -1.96. The van der Waals surface area contributed by atoms with Crippen LogP contribution in [0.1, 0.15) is 13.8 Å². The van der Waals surface area contributed by atoms with Crippen molar-refractivity contribution in [3.63, 3.8) is 0 Å². The Morgan fingerprint density at radius 1 is 1.56 bits per heavy atom. The summed E-state index contributed by atoms with van der Waals surface area (Å²) in [5.41, 5.74) is 0. The van der Waals surface area contributed by atoms with Gasteiger partial charge in [-0.05, 0) is 0 Å². The van der Waals surface area contributed by atoms with E-state index in [4.69, 9.17) is 17.0 Å². The molecule has 0 unspecified atom stereocenters. The minimum absolute atomic E-state index is 0.520. The first-order valence-electron chi connectivity index (χ1n) is 3.00. The van der Waals surface area contributed by atoms with E-state index >= 15 is 0 Å². The first kappa shape index (κ1) is 11.6. The number of likely N-dealkylation sites (N-methyl/N-ethyl adjacent to an activating group) is 1. The molecule has 0 saturated carbocycles. The molecule has 0 heterocycles. The third-order valence-electron chi connectivity index (χ3n) is 0.554. The number of nitrogens with one attached hydrogen (secondary N) is 1. The van der Waals surface area contributed by atoms with Crippen molar-refractivity contribution in [1.29, 1.82) is 0 Å². The van der Waals surface area contributed by atoms with E-state index in [1.165, 1.54) is 0 Å². The van der Waals surface area contributed by atoms with E-state index in [9.17, 15) is 0 Å². The van der Waals surface area contributed by atoms with E-state index < -0.39 is 0 Å². The number of hydrogen-bond acceptors (Lipinski definition) is 2. The van der Waals surface area contributed by atoms with Gasteiger partial charge in [0, 0.05) is 14.2 Å². The first-order valence-corrected chi connectivity index (χ1v) is 3.41. The molecule has 0 saturated heterocycles. The number of rotatable bonds is 2. The highest BCUT2D eigenvalue weighted by atomic mass is 32.1. The lowest BCUT2D eigenvalue weighted by molar-refractivity contribution is 0.245. The van der Waals surface area contributed by atoms with Crippen molar-refractivity contribution in [3.05, 3.63) is 0 Å². The van der Waals surface area contributed by atoms with Crippen molar-refractivity contribution in [3.8, 4) is 0 Å². The highest BCUT2D eigenvalue weighted by Crippen LogP contribution is 1.68. The molecule has 0 bridgehead atoms. The van der Waals surface area contributed by atoms with Crippen LogP contribution in [0.2, 0.25) is 0 Å². The molecule has 0 aromatic carbocycles. The molecule has 2 nitrogen and oxygen atoms in total. The zero-order chi connectivity index (χ0) is 7.70. The van der Waals surface area contributed by atoms with Crippen molar-refractivity contribution >= 4 is 17.2 Å².